The van der Waals surface area contributed by atoms with Gasteiger partial charge in [-0.3, -0.25) is 0 Å². The molecule has 1 aliphatic rings. The summed E-state index contributed by atoms with van der Waals surface area (Å²) in [7, 11) is 0. The predicted molar refractivity (Wildman–Crippen MR) is 124 cm³/mol. The van der Waals surface area contributed by atoms with E-state index in [9.17, 15) is 0 Å². The molecule has 1 saturated heterocycles. The number of nitrogens with zero attached hydrogens (tertiary/aromatic N) is 3. The molecule has 0 bridgehead atoms. The number of pyridine rings is 1. The van der Waals surface area contributed by atoms with E-state index in [0.29, 0.717) is 17.6 Å². The minimum Gasteiger partial charge on any atom is -0.357 e. The van der Waals surface area contributed by atoms with Gasteiger partial charge in [-0.15, -0.1) is 24.0 Å². The third-order valence-electron chi connectivity index (χ3n) is 4.41. The average Bonchev–Trinajstić information content (AvgIpc) is 3.09. The third kappa shape index (κ3) is 6.24. The van der Waals surface area contributed by atoms with Gasteiger partial charge in [0.15, 0.2) is 5.96 Å². The van der Waals surface area contributed by atoms with Crippen molar-refractivity contribution < 1.29 is 0 Å². The minimum atomic E-state index is 0. The Morgan fingerprint density at radius 3 is 2.93 bits per heavy atom. The Bertz CT molecular complexity index is 768. The molecule has 1 aromatic heterocycles. The maximum atomic E-state index is 6.28. The number of aliphatic imine (C=N–C) groups is 1. The lowest BCUT2D eigenvalue weighted by molar-refractivity contribution is 0.649. The van der Waals surface area contributed by atoms with E-state index in [1.54, 1.807) is 6.20 Å². The zero-order chi connectivity index (χ0) is 18.4. The highest BCUT2D eigenvalue weighted by Gasteiger charge is 2.25. The molecule has 1 atom stereocenters. The number of rotatable bonds is 5. The van der Waals surface area contributed by atoms with Crippen molar-refractivity contribution in [2.45, 2.75) is 32.9 Å². The molecule has 0 aliphatic carbocycles. The Hall–Kier alpha value is -1.54. The van der Waals surface area contributed by atoms with Gasteiger partial charge in [0.2, 0.25) is 0 Å². The number of hydrogen-bond acceptors (Lipinski definition) is 3. The molecule has 1 aromatic carbocycles. The van der Waals surface area contributed by atoms with Crippen LogP contribution in [-0.2, 0) is 6.54 Å². The second-order valence-electron chi connectivity index (χ2n) is 6.57. The van der Waals surface area contributed by atoms with Crippen LogP contribution in [0.25, 0.3) is 0 Å². The van der Waals surface area contributed by atoms with Crippen molar-refractivity contribution in [3.05, 3.63) is 58.7 Å². The summed E-state index contributed by atoms with van der Waals surface area (Å²) in [4.78, 5) is 11.4. The molecule has 0 amide bonds. The zero-order valence-electron chi connectivity index (χ0n) is 15.8. The fraction of sp³-hybridized carbons (Fsp3) is 0.400. The number of benzene rings is 1. The summed E-state index contributed by atoms with van der Waals surface area (Å²) in [5.41, 5.74) is 2.48. The molecule has 2 heterocycles. The van der Waals surface area contributed by atoms with E-state index in [0.717, 1.165) is 37.8 Å². The normalized spacial score (nSPS) is 16.8. The number of nitrogens with one attached hydrogen (secondary N) is 2. The van der Waals surface area contributed by atoms with Crippen molar-refractivity contribution in [2.24, 2.45) is 4.99 Å². The highest BCUT2D eigenvalue weighted by atomic mass is 127. The van der Waals surface area contributed by atoms with Crippen molar-refractivity contribution in [2.75, 3.05) is 24.5 Å². The summed E-state index contributed by atoms with van der Waals surface area (Å²) in [6.07, 6.45) is 2.82. The molecule has 1 aliphatic heterocycles. The Kier molecular flexibility index (Phi) is 8.63. The lowest BCUT2D eigenvalue weighted by Gasteiger charge is -2.20. The maximum Gasteiger partial charge on any atom is 0.191 e. The summed E-state index contributed by atoms with van der Waals surface area (Å²) < 4.78 is 0. The molecule has 2 N–H and O–H groups in total. The van der Waals surface area contributed by atoms with E-state index < -0.39 is 0 Å². The van der Waals surface area contributed by atoms with Crippen LogP contribution in [0.2, 0.25) is 5.02 Å². The van der Waals surface area contributed by atoms with Crippen LogP contribution in [0.4, 0.5) is 5.82 Å². The van der Waals surface area contributed by atoms with Gasteiger partial charge in [0.1, 0.15) is 5.82 Å². The van der Waals surface area contributed by atoms with Crippen molar-refractivity contribution in [1.29, 1.82) is 0 Å². The number of aromatic nitrogens is 1. The molecule has 146 valence electrons. The molecule has 0 saturated carbocycles. The van der Waals surface area contributed by atoms with Gasteiger partial charge in [0.25, 0.3) is 0 Å². The van der Waals surface area contributed by atoms with Gasteiger partial charge in [-0.05, 0) is 38.0 Å². The monoisotopic (exact) mass is 499 g/mol. The second kappa shape index (κ2) is 10.7. The molecule has 1 unspecified atom stereocenters. The number of anilines is 1. The lowest BCUT2D eigenvalue weighted by Crippen LogP contribution is -2.44. The van der Waals surface area contributed by atoms with Gasteiger partial charge in [-0.25, -0.2) is 9.98 Å². The van der Waals surface area contributed by atoms with Crippen molar-refractivity contribution >= 4 is 47.4 Å². The Morgan fingerprint density at radius 2 is 2.19 bits per heavy atom. The third-order valence-corrected chi connectivity index (χ3v) is 4.71. The first-order chi connectivity index (χ1) is 12.7. The van der Waals surface area contributed by atoms with Crippen LogP contribution in [0.15, 0.2) is 47.6 Å². The van der Waals surface area contributed by atoms with Crippen LogP contribution in [0.3, 0.4) is 0 Å². The summed E-state index contributed by atoms with van der Waals surface area (Å²) in [5.74, 6) is 1.72. The van der Waals surface area contributed by atoms with E-state index in [1.165, 1.54) is 11.1 Å². The fourth-order valence-electron chi connectivity index (χ4n) is 3.17. The maximum absolute atomic E-state index is 6.28. The molecule has 5 nitrogen and oxygen atoms in total. The van der Waals surface area contributed by atoms with E-state index in [1.807, 2.05) is 12.1 Å². The van der Waals surface area contributed by atoms with Crippen LogP contribution in [0, 0.1) is 6.92 Å². The lowest BCUT2D eigenvalue weighted by atomic mass is 10.1. The second-order valence-corrected chi connectivity index (χ2v) is 6.98. The quantitative estimate of drug-likeness (QED) is 0.371. The van der Waals surface area contributed by atoms with Crippen LogP contribution >= 0.6 is 35.6 Å². The molecule has 1 fully saturated rings. The number of hydrogen-bond donors (Lipinski definition) is 2. The van der Waals surface area contributed by atoms with Gasteiger partial charge in [0.05, 0.1) is 11.6 Å². The SMILES string of the molecule is CCNC(=NCc1cccc(C)c1)NC1CCN(c2ncccc2Cl)C1.I. The molecule has 0 spiro atoms. The first kappa shape index (κ1) is 21.8. The fourth-order valence-corrected chi connectivity index (χ4v) is 3.42. The topological polar surface area (TPSA) is 52.6 Å². The smallest absolute Gasteiger partial charge is 0.191 e. The Balaban J connectivity index is 0.00000261. The average molecular weight is 500 g/mol. The Morgan fingerprint density at radius 1 is 1.33 bits per heavy atom. The zero-order valence-corrected chi connectivity index (χ0v) is 18.9. The molecular weight excluding hydrogens is 473 g/mol. The highest BCUT2D eigenvalue weighted by Crippen LogP contribution is 2.25. The van der Waals surface area contributed by atoms with Crippen LogP contribution in [0.5, 0.6) is 0 Å². The molecular formula is C20H27ClIN5. The van der Waals surface area contributed by atoms with Crippen molar-refractivity contribution in [3.63, 3.8) is 0 Å². The summed E-state index contributed by atoms with van der Waals surface area (Å²) >= 11 is 6.28. The predicted octanol–water partition coefficient (Wildman–Crippen LogP) is 4.00. The van der Waals surface area contributed by atoms with Gasteiger partial charge in [-0.2, -0.15) is 0 Å². The van der Waals surface area contributed by atoms with E-state index in [-0.39, 0.29) is 24.0 Å². The van der Waals surface area contributed by atoms with Gasteiger partial charge in [-0.1, -0.05) is 41.4 Å². The standard InChI is InChI=1S/C20H26ClN5.HI/c1-3-22-20(24-13-16-7-4-6-15(2)12-16)25-17-9-11-26(14-17)19-18(21)8-5-10-23-19;/h4-8,10,12,17H,3,9,11,13-14H2,1-2H3,(H2,22,24,25);1H. The van der Waals surface area contributed by atoms with E-state index in [4.69, 9.17) is 16.6 Å². The first-order valence-electron chi connectivity index (χ1n) is 9.11. The molecule has 3 rings (SSSR count). The summed E-state index contributed by atoms with van der Waals surface area (Å²) in [6, 6.07) is 12.5. The van der Waals surface area contributed by atoms with Gasteiger partial charge >= 0.3 is 0 Å². The number of guanidine groups is 1. The van der Waals surface area contributed by atoms with Crippen molar-refractivity contribution in [3.8, 4) is 0 Å². The van der Waals surface area contributed by atoms with E-state index in [2.05, 4.69) is 58.6 Å². The number of halogens is 2. The highest BCUT2D eigenvalue weighted by molar-refractivity contribution is 14.0. The largest absolute Gasteiger partial charge is 0.357 e. The van der Waals surface area contributed by atoms with Crippen LogP contribution < -0.4 is 15.5 Å². The summed E-state index contributed by atoms with van der Waals surface area (Å²) in [5, 5.41) is 7.59. The van der Waals surface area contributed by atoms with Gasteiger partial charge < -0.3 is 15.5 Å². The molecule has 27 heavy (non-hydrogen) atoms. The van der Waals surface area contributed by atoms with Crippen LogP contribution in [-0.4, -0.2) is 36.6 Å². The Labute approximate surface area is 183 Å². The molecule has 0 radical (unpaired) electrons. The molecule has 2 aromatic rings. The minimum absolute atomic E-state index is 0. The van der Waals surface area contributed by atoms with E-state index >= 15 is 0 Å². The van der Waals surface area contributed by atoms with Crippen LogP contribution in [0.1, 0.15) is 24.5 Å². The van der Waals surface area contributed by atoms with Crippen molar-refractivity contribution in [1.82, 2.24) is 15.6 Å². The first-order valence-corrected chi connectivity index (χ1v) is 9.49. The summed E-state index contributed by atoms with van der Waals surface area (Å²) in [6.45, 7) is 7.49. The van der Waals surface area contributed by atoms with Gasteiger partial charge in [0, 0.05) is 31.9 Å². The number of aryl methyl sites for hydroxylation is 1. The molecule has 7 heteroatoms.